The van der Waals surface area contributed by atoms with E-state index in [9.17, 15) is 4.79 Å². The second-order valence-electron chi connectivity index (χ2n) is 4.93. The van der Waals surface area contributed by atoms with Gasteiger partial charge in [0.2, 0.25) is 0 Å². The molecular weight excluding hydrogens is 162 g/mol. The van der Waals surface area contributed by atoms with Gasteiger partial charge in [0.15, 0.2) is 0 Å². The summed E-state index contributed by atoms with van der Waals surface area (Å²) in [5.74, 6) is 0.381. The highest BCUT2D eigenvalue weighted by Gasteiger charge is 2.19. The van der Waals surface area contributed by atoms with Crippen molar-refractivity contribution in [2.45, 2.75) is 40.0 Å². The zero-order chi connectivity index (χ0) is 10.5. The summed E-state index contributed by atoms with van der Waals surface area (Å²) in [5.41, 5.74) is -0.155. The van der Waals surface area contributed by atoms with E-state index in [1.165, 1.54) is 0 Å². The number of carbonyl (C=O) groups excluding carboxylic acids is 1. The average molecular weight is 185 g/mol. The summed E-state index contributed by atoms with van der Waals surface area (Å²) in [4.78, 5) is 13.6. The Hall–Kier alpha value is -0.370. The van der Waals surface area contributed by atoms with Gasteiger partial charge in [-0.1, -0.05) is 20.8 Å². The predicted molar refractivity (Wildman–Crippen MR) is 56.9 cm³/mol. The van der Waals surface area contributed by atoms with E-state index in [1.807, 2.05) is 20.8 Å². The lowest BCUT2D eigenvalue weighted by molar-refractivity contribution is -0.126. The standard InChI is InChI=1S/C11H23NO/c1-11(2,3)10(13)8-6-7-9-12(4)5/h6-9H2,1-5H3. The van der Waals surface area contributed by atoms with Crippen LogP contribution < -0.4 is 0 Å². The lowest BCUT2D eigenvalue weighted by Gasteiger charge is -2.16. The monoisotopic (exact) mass is 185 g/mol. The first kappa shape index (κ1) is 12.6. The molecule has 0 heterocycles. The molecule has 2 nitrogen and oxygen atoms in total. The number of unbranched alkanes of at least 4 members (excludes halogenated alkanes) is 1. The summed E-state index contributed by atoms with van der Waals surface area (Å²) in [6, 6.07) is 0. The second kappa shape index (κ2) is 5.38. The van der Waals surface area contributed by atoms with Gasteiger partial charge in [-0.15, -0.1) is 0 Å². The summed E-state index contributed by atoms with van der Waals surface area (Å²) in [5, 5.41) is 0. The van der Waals surface area contributed by atoms with Crippen LogP contribution in [0.15, 0.2) is 0 Å². The highest BCUT2D eigenvalue weighted by atomic mass is 16.1. The SMILES string of the molecule is CN(C)CCCCC(=O)C(C)(C)C. The minimum Gasteiger partial charge on any atom is -0.309 e. The molecule has 0 amide bonds. The van der Waals surface area contributed by atoms with Crippen molar-refractivity contribution in [3.63, 3.8) is 0 Å². The van der Waals surface area contributed by atoms with E-state index >= 15 is 0 Å². The fraction of sp³-hybridized carbons (Fsp3) is 0.909. The maximum atomic E-state index is 11.5. The van der Waals surface area contributed by atoms with Crippen molar-refractivity contribution >= 4 is 5.78 Å². The number of ketones is 1. The fourth-order valence-electron chi connectivity index (χ4n) is 1.09. The molecule has 0 saturated carbocycles. The summed E-state index contributed by atoms with van der Waals surface area (Å²) in [6.45, 7) is 7.04. The van der Waals surface area contributed by atoms with Crippen LogP contribution in [-0.2, 0) is 4.79 Å². The van der Waals surface area contributed by atoms with Crippen LogP contribution >= 0.6 is 0 Å². The van der Waals surface area contributed by atoms with E-state index in [1.54, 1.807) is 0 Å². The molecule has 0 aliphatic carbocycles. The Kier molecular flexibility index (Phi) is 5.23. The highest BCUT2D eigenvalue weighted by molar-refractivity contribution is 5.83. The van der Waals surface area contributed by atoms with Crippen LogP contribution in [0.5, 0.6) is 0 Å². The molecule has 0 aliphatic rings. The van der Waals surface area contributed by atoms with Crippen LogP contribution in [0.3, 0.4) is 0 Å². The van der Waals surface area contributed by atoms with Gasteiger partial charge in [0, 0.05) is 11.8 Å². The molecule has 0 fully saturated rings. The van der Waals surface area contributed by atoms with Gasteiger partial charge in [0.05, 0.1) is 0 Å². The van der Waals surface area contributed by atoms with Crippen LogP contribution in [0, 0.1) is 5.41 Å². The Morgan fingerprint density at radius 2 is 1.69 bits per heavy atom. The van der Waals surface area contributed by atoms with Gasteiger partial charge >= 0.3 is 0 Å². The molecule has 0 N–H and O–H groups in total. The third kappa shape index (κ3) is 6.76. The van der Waals surface area contributed by atoms with Crippen molar-refractivity contribution in [2.24, 2.45) is 5.41 Å². The van der Waals surface area contributed by atoms with Gasteiger partial charge in [-0.25, -0.2) is 0 Å². The molecule has 0 atom stereocenters. The maximum absolute atomic E-state index is 11.5. The van der Waals surface area contributed by atoms with E-state index < -0.39 is 0 Å². The van der Waals surface area contributed by atoms with Gasteiger partial charge in [-0.2, -0.15) is 0 Å². The van der Waals surface area contributed by atoms with Gasteiger partial charge in [-0.3, -0.25) is 4.79 Å². The van der Waals surface area contributed by atoms with Crippen LogP contribution in [-0.4, -0.2) is 31.3 Å². The summed E-state index contributed by atoms with van der Waals surface area (Å²) >= 11 is 0. The lowest BCUT2D eigenvalue weighted by Crippen LogP contribution is -2.20. The molecule has 0 aromatic heterocycles. The van der Waals surface area contributed by atoms with Crippen LogP contribution in [0.25, 0.3) is 0 Å². The largest absolute Gasteiger partial charge is 0.309 e. The van der Waals surface area contributed by atoms with Crippen molar-refractivity contribution in [3.8, 4) is 0 Å². The second-order valence-corrected chi connectivity index (χ2v) is 4.93. The molecule has 0 unspecified atom stereocenters. The topological polar surface area (TPSA) is 20.3 Å². The number of hydrogen-bond donors (Lipinski definition) is 0. The van der Waals surface area contributed by atoms with Gasteiger partial charge < -0.3 is 4.90 Å². The van der Waals surface area contributed by atoms with E-state index in [0.29, 0.717) is 5.78 Å². The molecule has 0 aliphatic heterocycles. The number of nitrogens with zero attached hydrogens (tertiary/aromatic N) is 1. The van der Waals surface area contributed by atoms with Crippen molar-refractivity contribution in [3.05, 3.63) is 0 Å². The molecular formula is C11H23NO. The Bertz CT molecular complexity index is 156. The number of Topliss-reactive ketones (excluding diaryl/α,β-unsaturated/α-hetero) is 1. The first-order valence-electron chi connectivity index (χ1n) is 5.02. The van der Waals surface area contributed by atoms with Crippen LogP contribution in [0.2, 0.25) is 0 Å². The zero-order valence-corrected chi connectivity index (χ0v) is 9.68. The molecule has 0 bridgehead atoms. The van der Waals surface area contributed by atoms with Gasteiger partial charge in [-0.05, 0) is 33.5 Å². The first-order chi connectivity index (χ1) is 5.84. The minimum atomic E-state index is -0.155. The average Bonchev–Trinajstić information content (AvgIpc) is 1.95. The van der Waals surface area contributed by atoms with E-state index in [2.05, 4.69) is 19.0 Å². The van der Waals surface area contributed by atoms with Gasteiger partial charge in [0.25, 0.3) is 0 Å². The van der Waals surface area contributed by atoms with E-state index in [4.69, 9.17) is 0 Å². The fourth-order valence-corrected chi connectivity index (χ4v) is 1.09. The molecule has 0 aromatic carbocycles. The van der Waals surface area contributed by atoms with Crippen molar-refractivity contribution in [1.29, 1.82) is 0 Å². The molecule has 0 spiro atoms. The third-order valence-corrected chi connectivity index (χ3v) is 2.10. The molecule has 0 saturated heterocycles. The molecule has 0 radical (unpaired) electrons. The zero-order valence-electron chi connectivity index (χ0n) is 9.68. The first-order valence-corrected chi connectivity index (χ1v) is 5.02. The Morgan fingerprint density at radius 3 is 2.08 bits per heavy atom. The quantitative estimate of drug-likeness (QED) is 0.613. The van der Waals surface area contributed by atoms with Crippen LogP contribution in [0.4, 0.5) is 0 Å². The Balaban J connectivity index is 3.49. The third-order valence-electron chi connectivity index (χ3n) is 2.10. The number of rotatable bonds is 5. The van der Waals surface area contributed by atoms with Crippen molar-refractivity contribution in [2.75, 3.05) is 20.6 Å². The Morgan fingerprint density at radius 1 is 1.15 bits per heavy atom. The Labute approximate surface area is 82.3 Å². The smallest absolute Gasteiger partial charge is 0.138 e. The molecule has 0 rings (SSSR count). The van der Waals surface area contributed by atoms with Crippen molar-refractivity contribution in [1.82, 2.24) is 4.90 Å². The number of hydrogen-bond acceptors (Lipinski definition) is 2. The van der Waals surface area contributed by atoms with Crippen molar-refractivity contribution < 1.29 is 4.79 Å². The van der Waals surface area contributed by atoms with E-state index in [-0.39, 0.29) is 5.41 Å². The summed E-state index contributed by atoms with van der Waals surface area (Å²) in [6.07, 6.45) is 2.88. The normalized spacial score (nSPS) is 12.2. The molecule has 78 valence electrons. The summed E-state index contributed by atoms with van der Waals surface area (Å²) in [7, 11) is 4.12. The minimum absolute atomic E-state index is 0.155. The number of carbonyl (C=O) groups is 1. The van der Waals surface area contributed by atoms with E-state index in [0.717, 1.165) is 25.8 Å². The maximum Gasteiger partial charge on any atom is 0.138 e. The summed E-state index contributed by atoms with van der Waals surface area (Å²) < 4.78 is 0. The molecule has 0 aromatic rings. The van der Waals surface area contributed by atoms with Crippen LogP contribution in [0.1, 0.15) is 40.0 Å². The lowest BCUT2D eigenvalue weighted by atomic mass is 9.88. The molecule has 13 heavy (non-hydrogen) atoms. The van der Waals surface area contributed by atoms with Gasteiger partial charge in [0.1, 0.15) is 5.78 Å². The predicted octanol–water partition coefficient (Wildman–Crippen LogP) is 2.33. The highest BCUT2D eigenvalue weighted by Crippen LogP contribution is 2.18. The molecule has 2 heteroatoms.